The number of sulfonamides is 1. The summed E-state index contributed by atoms with van der Waals surface area (Å²) in [6, 6.07) is 14.5. The maximum absolute atomic E-state index is 13.1. The van der Waals surface area contributed by atoms with Gasteiger partial charge < -0.3 is 4.74 Å². The first kappa shape index (κ1) is 19.4. The number of benzene rings is 2. The van der Waals surface area contributed by atoms with E-state index in [2.05, 4.69) is 6.58 Å². The van der Waals surface area contributed by atoms with Gasteiger partial charge in [-0.1, -0.05) is 42.0 Å². The highest BCUT2D eigenvalue weighted by Crippen LogP contribution is 2.35. The molecule has 0 aromatic heterocycles. The topological polar surface area (TPSA) is 46.6 Å². The fraction of sp³-hybridized carbons (Fsp3) is 0.273. The lowest BCUT2D eigenvalue weighted by molar-refractivity contribution is 0.385. The number of rotatable bonds is 5. The smallest absolute Gasteiger partial charge is 0.243 e. The van der Waals surface area contributed by atoms with Crippen molar-refractivity contribution >= 4 is 16.1 Å². The Morgan fingerprint density at radius 1 is 1.11 bits per heavy atom. The van der Waals surface area contributed by atoms with Gasteiger partial charge >= 0.3 is 0 Å². The van der Waals surface area contributed by atoms with E-state index in [-0.39, 0.29) is 12.0 Å². The molecular weight excluding hydrogens is 358 g/mol. The molecule has 0 N–H and O–H groups in total. The van der Waals surface area contributed by atoms with Crippen LogP contribution in [-0.2, 0) is 10.0 Å². The molecule has 1 saturated heterocycles. The second-order valence-corrected chi connectivity index (χ2v) is 8.75. The van der Waals surface area contributed by atoms with Crippen molar-refractivity contribution in [1.82, 2.24) is 4.31 Å². The summed E-state index contributed by atoms with van der Waals surface area (Å²) in [6.07, 6.45) is 3.89. The minimum Gasteiger partial charge on any atom is -0.497 e. The quantitative estimate of drug-likeness (QED) is 0.724. The summed E-state index contributed by atoms with van der Waals surface area (Å²) < 4.78 is 33.1. The molecule has 1 heterocycles. The van der Waals surface area contributed by atoms with Gasteiger partial charge in [0.25, 0.3) is 0 Å². The van der Waals surface area contributed by atoms with Crippen LogP contribution in [0.1, 0.15) is 18.1 Å². The van der Waals surface area contributed by atoms with Gasteiger partial charge in [0.1, 0.15) is 5.75 Å². The maximum atomic E-state index is 13.1. The Hall–Kier alpha value is -2.37. The largest absolute Gasteiger partial charge is 0.497 e. The summed E-state index contributed by atoms with van der Waals surface area (Å²) in [5.41, 5.74) is 3.09. The van der Waals surface area contributed by atoms with Gasteiger partial charge in [-0.3, -0.25) is 0 Å². The summed E-state index contributed by atoms with van der Waals surface area (Å²) in [5, 5.41) is 0. The minimum absolute atomic E-state index is 0.0210. The Morgan fingerprint density at radius 3 is 2.30 bits per heavy atom. The van der Waals surface area contributed by atoms with E-state index in [0.717, 1.165) is 22.4 Å². The molecule has 1 aliphatic rings. The van der Waals surface area contributed by atoms with Crippen molar-refractivity contribution in [3.05, 3.63) is 77.9 Å². The molecule has 1 aliphatic heterocycles. The lowest BCUT2D eigenvalue weighted by Crippen LogP contribution is -2.35. The third-order valence-electron chi connectivity index (χ3n) is 5.09. The SMILES string of the molecule is C=C[C@H]1/C(=C/c2ccc(OC)cc2)CN(S(=O)(=O)c2ccc(C)cc2)[C@@H]1C. The molecule has 142 valence electrons. The summed E-state index contributed by atoms with van der Waals surface area (Å²) in [7, 11) is -1.93. The van der Waals surface area contributed by atoms with Gasteiger partial charge in [0.05, 0.1) is 12.0 Å². The summed E-state index contributed by atoms with van der Waals surface area (Å²) in [4.78, 5) is 0.327. The van der Waals surface area contributed by atoms with Crippen LogP contribution in [0.4, 0.5) is 0 Å². The highest BCUT2D eigenvalue weighted by molar-refractivity contribution is 7.89. The lowest BCUT2D eigenvalue weighted by atomic mass is 9.95. The molecule has 3 rings (SSSR count). The molecule has 0 amide bonds. The van der Waals surface area contributed by atoms with Crippen molar-refractivity contribution in [3.8, 4) is 5.75 Å². The second kappa shape index (κ2) is 7.71. The van der Waals surface area contributed by atoms with Gasteiger partial charge in [-0.15, -0.1) is 6.58 Å². The van der Waals surface area contributed by atoms with E-state index in [4.69, 9.17) is 4.74 Å². The number of aryl methyl sites for hydroxylation is 1. The van der Waals surface area contributed by atoms with Crippen LogP contribution in [-0.4, -0.2) is 32.4 Å². The van der Waals surface area contributed by atoms with E-state index in [1.807, 2.05) is 62.4 Å². The number of nitrogens with zero attached hydrogens (tertiary/aromatic N) is 1. The van der Waals surface area contributed by atoms with Gasteiger partial charge in [0, 0.05) is 18.5 Å². The summed E-state index contributed by atoms with van der Waals surface area (Å²) >= 11 is 0. The molecule has 0 unspecified atom stereocenters. The average molecular weight is 384 g/mol. The molecule has 2 aromatic carbocycles. The zero-order valence-corrected chi connectivity index (χ0v) is 16.7. The molecule has 0 spiro atoms. The summed E-state index contributed by atoms with van der Waals surface area (Å²) in [5.74, 6) is 0.771. The lowest BCUT2D eigenvalue weighted by Gasteiger charge is -2.22. The molecule has 0 radical (unpaired) electrons. The second-order valence-electron chi connectivity index (χ2n) is 6.86. The van der Waals surface area contributed by atoms with Gasteiger partial charge in [-0.05, 0) is 49.2 Å². The Bertz CT molecular complexity index is 944. The first-order valence-electron chi connectivity index (χ1n) is 8.92. The van der Waals surface area contributed by atoms with Crippen molar-refractivity contribution in [2.75, 3.05) is 13.7 Å². The third-order valence-corrected chi connectivity index (χ3v) is 7.04. The molecule has 2 aromatic rings. The van der Waals surface area contributed by atoms with Gasteiger partial charge in [0.15, 0.2) is 0 Å². The number of hydrogen-bond acceptors (Lipinski definition) is 3. The highest BCUT2D eigenvalue weighted by Gasteiger charge is 2.40. The molecule has 0 aliphatic carbocycles. The van der Waals surface area contributed by atoms with E-state index < -0.39 is 10.0 Å². The van der Waals surface area contributed by atoms with Crippen LogP contribution in [0.25, 0.3) is 6.08 Å². The fourth-order valence-electron chi connectivity index (χ4n) is 3.47. The molecule has 0 saturated carbocycles. The summed E-state index contributed by atoms with van der Waals surface area (Å²) in [6.45, 7) is 8.17. The Kier molecular flexibility index (Phi) is 5.53. The average Bonchev–Trinajstić information content (AvgIpc) is 2.98. The van der Waals surface area contributed by atoms with Crippen LogP contribution < -0.4 is 4.74 Å². The van der Waals surface area contributed by atoms with Gasteiger partial charge in [0.2, 0.25) is 10.0 Å². The first-order chi connectivity index (χ1) is 12.9. The normalized spacial score (nSPS) is 22.1. The zero-order valence-electron chi connectivity index (χ0n) is 15.9. The third kappa shape index (κ3) is 3.84. The maximum Gasteiger partial charge on any atom is 0.243 e. The highest BCUT2D eigenvalue weighted by atomic mass is 32.2. The zero-order chi connectivity index (χ0) is 19.6. The van der Waals surface area contributed by atoms with E-state index in [1.54, 1.807) is 23.5 Å². The van der Waals surface area contributed by atoms with Gasteiger partial charge in [-0.2, -0.15) is 4.31 Å². The monoisotopic (exact) mass is 383 g/mol. The van der Waals surface area contributed by atoms with Crippen molar-refractivity contribution in [2.24, 2.45) is 5.92 Å². The van der Waals surface area contributed by atoms with Crippen molar-refractivity contribution in [1.29, 1.82) is 0 Å². The van der Waals surface area contributed by atoms with E-state index in [0.29, 0.717) is 11.4 Å². The Morgan fingerprint density at radius 2 is 1.74 bits per heavy atom. The van der Waals surface area contributed by atoms with Gasteiger partial charge in [-0.25, -0.2) is 8.42 Å². The van der Waals surface area contributed by atoms with Crippen LogP contribution in [0.2, 0.25) is 0 Å². The Balaban J connectivity index is 1.93. The molecule has 27 heavy (non-hydrogen) atoms. The number of hydrogen-bond donors (Lipinski definition) is 0. The van der Waals surface area contributed by atoms with E-state index in [1.165, 1.54) is 0 Å². The fourth-order valence-corrected chi connectivity index (χ4v) is 5.11. The predicted molar refractivity (Wildman–Crippen MR) is 109 cm³/mol. The minimum atomic E-state index is -3.56. The van der Waals surface area contributed by atoms with Crippen molar-refractivity contribution < 1.29 is 13.2 Å². The molecule has 0 bridgehead atoms. The standard InChI is InChI=1S/C22H25NO3S/c1-5-22-17(3)23(27(24,25)21-12-6-16(2)7-13-21)15-19(22)14-18-8-10-20(26-4)11-9-18/h5-14,17,22H,1,15H2,2-4H3/b19-14+/t17-,22-/m1/s1. The predicted octanol–water partition coefficient (Wildman–Crippen LogP) is 4.28. The number of ether oxygens (including phenoxy) is 1. The molecule has 4 nitrogen and oxygen atoms in total. The van der Waals surface area contributed by atoms with Crippen molar-refractivity contribution in [3.63, 3.8) is 0 Å². The van der Waals surface area contributed by atoms with Crippen LogP contribution in [0.15, 0.2) is 71.7 Å². The first-order valence-corrected chi connectivity index (χ1v) is 10.4. The van der Waals surface area contributed by atoms with Crippen LogP contribution in [0.3, 0.4) is 0 Å². The van der Waals surface area contributed by atoms with Crippen molar-refractivity contribution in [2.45, 2.75) is 24.8 Å². The number of methoxy groups -OCH3 is 1. The van der Waals surface area contributed by atoms with E-state index in [9.17, 15) is 8.42 Å². The molecule has 1 fully saturated rings. The van der Waals surface area contributed by atoms with E-state index >= 15 is 0 Å². The molecular formula is C22H25NO3S. The van der Waals surface area contributed by atoms with Crippen LogP contribution >= 0.6 is 0 Å². The van der Waals surface area contributed by atoms with Crippen LogP contribution in [0.5, 0.6) is 5.75 Å². The Labute approximate surface area is 161 Å². The molecule has 5 heteroatoms. The van der Waals surface area contributed by atoms with Crippen LogP contribution in [0, 0.1) is 12.8 Å². The molecule has 2 atom stereocenters.